The lowest BCUT2D eigenvalue weighted by molar-refractivity contribution is -0.135. The Morgan fingerprint density at radius 2 is 1.62 bits per heavy atom. The molecule has 4 amide bonds. The Bertz CT molecular complexity index is 883. The number of carbonyl (C=O) groups is 3. The van der Waals surface area contributed by atoms with Gasteiger partial charge in [-0.25, -0.2) is 4.79 Å². The quantitative estimate of drug-likeness (QED) is 0.730. The van der Waals surface area contributed by atoms with Gasteiger partial charge in [0.25, 0.3) is 5.91 Å². The van der Waals surface area contributed by atoms with Crippen molar-refractivity contribution in [1.82, 2.24) is 10.2 Å². The van der Waals surface area contributed by atoms with Crippen LogP contribution in [0.5, 0.6) is 0 Å². The van der Waals surface area contributed by atoms with Gasteiger partial charge in [-0.1, -0.05) is 61.9 Å². The minimum Gasteiger partial charge on any atom is -0.319 e. The van der Waals surface area contributed by atoms with Gasteiger partial charge in [0.1, 0.15) is 12.1 Å². The zero-order valence-corrected chi connectivity index (χ0v) is 17.1. The Kier molecular flexibility index (Phi) is 6.01. The Balaban J connectivity index is 1.88. The van der Waals surface area contributed by atoms with E-state index < -0.39 is 11.6 Å². The van der Waals surface area contributed by atoms with E-state index >= 15 is 0 Å². The van der Waals surface area contributed by atoms with Crippen LogP contribution in [0, 0.1) is 0 Å². The Hall–Kier alpha value is -3.15. The first-order valence-electron chi connectivity index (χ1n) is 9.97. The number of benzene rings is 2. The highest BCUT2D eigenvalue weighted by molar-refractivity contribution is 6.10. The first-order valence-corrected chi connectivity index (χ1v) is 9.97. The molecule has 0 radical (unpaired) electrons. The van der Waals surface area contributed by atoms with E-state index in [0.717, 1.165) is 16.2 Å². The first-order chi connectivity index (χ1) is 13.9. The number of rotatable bonds is 7. The van der Waals surface area contributed by atoms with Crippen LogP contribution in [-0.4, -0.2) is 35.3 Å². The van der Waals surface area contributed by atoms with Crippen molar-refractivity contribution >= 4 is 23.5 Å². The number of urea groups is 1. The molecule has 29 heavy (non-hydrogen) atoms. The first kappa shape index (κ1) is 20.6. The van der Waals surface area contributed by atoms with E-state index in [0.29, 0.717) is 12.8 Å². The molecule has 1 aliphatic heterocycles. The molecule has 0 aromatic heterocycles. The molecule has 0 spiro atoms. The smallest absolute Gasteiger partial charge is 0.319 e. The predicted molar refractivity (Wildman–Crippen MR) is 112 cm³/mol. The number of hydrogen-bond donors (Lipinski definition) is 1. The second kappa shape index (κ2) is 8.47. The Morgan fingerprint density at radius 3 is 2.17 bits per heavy atom. The molecule has 1 fully saturated rings. The van der Waals surface area contributed by atoms with Crippen LogP contribution in [0.1, 0.15) is 39.2 Å². The molecule has 1 saturated heterocycles. The zero-order chi connectivity index (χ0) is 21.0. The molecule has 1 atom stereocenters. The number of amides is 4. The standard InChI is InChI=1S/C23H27N3O3/c1-4-15-23(18-11-7-5-8-12-18)21(28)25(22(29)24-23)16-20(27)26(17(2)3)19-13-9-6-10-14-19/h5-14,17H,4,15-16H2,1-3H3,(H,24,29). The fraction of sp³-hybridized carbons (Fsp3) is 0.348. The van der Waals surface area contributed by atoms with Crippen molar-refractivity contribution in [3.05, 3.63) is 66.2 Å². The predicted octanol–water partition coefficient (Wildman–Crippen LogP) is 3.68. The van der Waals surface area contributed by atoms with Crippen LogP contribution in [0.3, 0.4) is 0 Å². The van der Waals surface area contributed by atoms with E-state index in [1.54, 1.807) is 4.90 Å². The largest absolute Gasteiger partial charge is 0.325 e. The molecule has 0 bridgehead atoms. The van der Waals surface area contributed by atoms with Crippen molar-refractivity contribution in [3.63, 3.8) is 0 Å². The maximum absolute atomic E-state index is 13.4. The average molecular weight is 393 g/mol. The van der Waals surface area contributed by atoms with Gasteiger partial charge < -0.3 is 10.2 Å². The molecule has 6 nitrogen and oxygen atoms in total. The van der Waals surface area contributed by atoms with Crippen LogP contribution >= 0.6 is 0 Å². The molecule has 2 aromatic carbocycles. The molecule has 0 saturated carbocycles. The highest BCUT2D eigenvalue weighted by atomic mass is 16.2. The van der Waals surface area contributed by atoms with Crippen LogP contribution in [0.15, 0.2) is 60.7 Å². The summed E-state index contributed by atoms with van der Waals surface area (Å²) in [4.78, 5) is 41.8. The van der Waals surface area contributed by atoms with Gasteiger partial charge in [-0.2, -0.15) is 0 Å². The molecule has 2 aromatic rings. The third-order valence-electron chi connectivity index (χ3n) is 5.18. The van der Waals surface area contributed by atoms with Gasteiger partial charge in [-0.05, 0) is 38.0 Å². The van der Waals surface area contributed by atoms with E-state index in [2.05, 4.69) is 5.32 Å². The van der Waals surface area contributed by atoms with Crippen LogP contribution in [0.4, 0.5) is 10.5 Å². The lowest BCUT2D eigenvalue weighted by Crippen LogP contribution is -2.47. The van der Waals surface area contributed by atoms with Gasteiger partial charge in [-0.3, -0.25) is 14.5 Å². The molecule has 6 heteroatoms. The summed E-state index contributed by atoms with van der Waals surface area (Å²) in [6.07, 6.45) is 1.18. The highest BCUT2D eigenvalue weighted by Crippen LogP contribution is 2.33. The molecule has 3 rings (SSSR count). The number of nitrogens with zero attached hydrogens (tertiary/aromatic N) is 2. The average Bonchev–Trinajstić information content (AvgIpc) is 2.95. The van der Waals surface area contributed by atoms with Crippen LogP contribution in [-0.2, 0) is 15.1 Å². The van der Waals surface area contributed by atoms with Crippen LogP contribution < -0.4 is 10.2 Å². The maximum Gasteiger partial charge on any atom is 0.325 e. The number of imide groups is 1. The Labute approximate surface area is 171 Å². The number of para-hydroxylation sites is 1. The summed E-state index contributed by atoms with van der Waals surface area (Å²) in [6, 6.07) is 17.9. The summed E-state index contributed by atoms with van der Waals surface area (Å²) in [5, 5.41) is 2.86. The number of nitrogens with one attached hydrogen (secondary N) is 1. The zero-order valence-electron chi connectivity index (χ0n) is 17.1. The van der Waals surface area contributed by atoms with Crippen molar-refractivity contribution < 1.29 is 14.4 Å². The summed E-state index contributed by atoms with van der Waals surface area (Å²) in [5.41, 5.74) is 0.351. The lowest BCUT2D eigenvalue weighted by Gasteiger charge is -2.29. The molecule has 1 heterocycles. The summed E-state index contributed by atoms with van der Waals surface area (Å²) in [7, 11) is 0. The van der Waals surface area contributed by atoms with E-state index in [-0.39, 0.29) is 24.4 Å². The maximum atomic E-state index is 13.4. The molecular formula is C23H27N3O3. The molecule has 1 N–H and O–H groups in total. The SMILES string of the molecule is CCCC1(c2ccccc2)NC(=O)N(CC(=O)N(c2ccccc2)C(C)C)C1=O. The molecular weight excluding hydrogens is 366 g/mol. The van der Waals surface area contributed by atoms with Crippen molar-refractivity contribution in [3.8, 4) is 0 Å². The topological polar surface area (TPSA) is 69.7 Å². The van der Waals surface area contributed by atoms with Gasteiger partial charge in [0.05, 0.1) is 0 Å². The van der Waals surface area contributed by atoms with Crippen molar-refractivity contribution in [1.29, 1.82) is 0 Å². The number of hydrogen-bond acceptors (Lipinski definition) is 3. The molecule has 0 aliphatic carbocycles. The molecule has 1 aliphatic rings. The normalized spacial score (nSPS) is 18.8. The Morgan fingerprint density at radius 1 is 1.03 bits per heavy atom. The summed E-state index contributed by atoms with van der Waals surface area (Å²) in [5.74, 6) is -0.671. The second-order valence-corrected chi connectivity index (χ2v) is 7.54. The lowest BCUT2D eigenvalue weighted by atomic mass is 9.85. The number of anilines is 1. The highest BCUT2D eigenvalue weighted by Gasteiger charge is 2.52. The minimum atomic E-state index is -1.12. The van der Waals surface area contributed by atoms with Crippen LogP contribution in [0.2, 0.25) is 0 Å². The van der Waals surface area contributed by atoms with Crippen molar-refractivity contribution in [2.45, 2.75) is 45.2 Å². The van der Waals surface area contributed by atoms with Crippen LogP contribution in [0.25, 0.3) is 0 Å². The fourth-order valence-corrected chi connectivity index (χ4v) is 3.91. The molecule has 1 unspecified atom stereocenters. The van der Waals surface area contributed by atoms with Gasteiger partial charge in [0.2, 0.25) is 5.91 Å². The van der Waals surface area contributed by atoms with E-state index in [4.69, 9.17) is 0 Å². The third kappa shape index (κ3) is 3.88. The van der Waals surface area contributed by atoms with E-state index in [1.807, 2.05) is 81.4 Å². The van der Waals surface area contributed by atoms with Gasteiger partial charge in [0, 0.05) is 11.7 Å². The monoisotopic (exact) mass is 393 g/mol. The van der Waals surface area contributed by atoms with E-state index in [9.17, 15) is 14.4 Å². The van der Waals surface area contributed by atoms with Gasteiger partial charge in [0.15, 0.2) is 0 Å². The summed E-state index contributed by atoms with van der Waals surface area (Å²) in [6.45, 7) is 5.48. The van der Waals surface area contributed by atoms with Crippen molar-refractivity contribution in [2.75, 3.05) is 11.4 Å². The molecule has 152 valence electrons. The fourth-order valence-electron chi connectivity index (χ4n) is 3.91. The second-order valence-electron chi connectivity index (χ2n) is 7.54. The van der Waals surface area contributed by atoms with Crippen molar-refractivity contribution in [2.24, 2.45) is 0 Å². The third-order valence-corrected chi connectivity index (χ3v) is 5.18. The summed E-state index contributed by atoms with van der Waals surface area (Å²) < 4.78 is 0. The van der Waals surface area contributed by atoms with E-state index in [1.165, 1.54) is 0 Å². The van der Waals surface area contributed by atoms with Gasteiger partial charge in [-0.15, -0.1) is 0 Å². The summed E-state index contributed by atoms with van der Waals surface area (Å²) >= 11 is 0. The number of carbonyl (C=O) groups excluding carboxylic acids is 3. The van der Waals surface area contributed by atoms with Gasteiger partial charge >= 0.3 is 6.03 Å². The minimum absolute atomic E-state index is 0.111.